The second kappa shape index (κ2) is 8.47. The van der Waals surface area contributed by atoms with Gasteiger partial charge in [-0.05, 0) is 69.4 Å². The van der Waals surface area contributed by atoms with Crippen LogP contribution < -0.4 is 10.1 Å². The van der Waals surface area contributed by atoms with Gasteiger partial charge in [-0.15, -0.1) is 0 Å². The van der Waals surface area contributed by atoms with Crippen LogP contribution in [0.25, 0.3) is 22.6 Å². The molecule has 1 aromatic heterocycles. The van der Waals surface area contributed by atoms with Crippen molar-refractivity contribution >= 4 is 17.0 Å². The number of oxazole rings is 1. The Hall–Kier alpha value is -2.90. The van der Waals surface area contributed by atoms with Crippen LogP contribution in [0.3, 0.4) is 0 Å². The van der Waals surface area contributed by atoms with E-state index in [0.717, 1.165) is 48.8 Å². The molecule has 2 saturated carbocycles. The van der Waals surface area contributed by atoms with Crippen molar-refractivity contribution in [2.24, 2.45) is 5.92 Å². The molecule has 2 fully saturated rings. The Morgan fingerprint density at radius 2 is 2.06 bits per heavy atom. The lowest BCUT2D eigenvalue weighted by Crippen LogP contribution is -2.43. The number of fused-ring (bicyclic) bond motifs is 1. The number of rotatable bonds is 7. The first kappa shape index (κ1) is 21.9. The molecule has 5 rings (SSSR count). The number of carbonyl (C=O) groups is 1. The molecule has 2 aliphatic rings. The molecule has 0 saturated heterocycles. The standard InChI is InChI=1S/C26H31N3O4/c1-26(12-13-26)28-23(30)16-8-10-18(14-16)29(2)25(31)19-11-9-17(15-22(19)32-3)24-27-20-6-4-5-7-21(20)33-24/h4-7,9,11,15-16,18,23,28,30H,8,10,12-14H2,1-3H3/t16-,18+,23?/m0/s1. The third kappa shape index (κ3) is 4.35. The maximum absolute atomic E-state index is 13.3. The molecule has 3 aromatic rings. The Balaban J connectivity index is 1.30. The van der Waals surface area contributed by atoms with E-state index in [1.807, 2.05) is 37.4 Å². The number of carbonyl (C=O) groups excluding carboxylic acids is 1. The summed E-state index contributed by atoms with van der Waals surface area (Å²) in [5.74, 6) is 1.06. The van der Waals surface area contributed by atoms with Crippen molar-refractivity contribution in [3.63, 3.8) is 0 Å². The van der Waals surface area contributed by atoms with Crippen LogP contribution in [0.1, 0.15) is 49.4 Å². The summed E-state index contributed by atoms with van der Waals surface area (Å²) < 4.78 is 11.4. The van der Waals surface area contributed by atoms with Gasteiger partial charge in [0.15, 0.2) is 5.58 Å². The lowest BCUT2D eigenvalue weighted by molar-refractivity contribution is 0.0561. The molecule has 7 heteroatoms. The fourth-order valence-electron chi connectivity index (χ4n) is 4.79. The maximum Gasteiger partial charge on any atom is 0.257 e. The Labute approximate surface area is 193 Å². The van der Waals surface area contributed by atoms with E-state index in [1.54, 1.807) is 24.1 Å². The lowest BCUT2D eigenvalue weighted by atomic mass is 10.0. The summed E-state index contributed by atoms with van der Waals surface area (Å²) in [5, 5.41) is 14.0. The van der Waals surface area contributed by atoms with Crippen molar-refractivity contribution in [1.29, 1.82) is 0 Å². The number of aliphatic hydroxyl groups excluding tert-OH is 1. The summed E-state index contributed by atoms with van der Waals surface area (Å²) in [7, 11) is 3.40. The van der Waals surface area contributed by atoms with Crippen molar-refractivity contribution in [2.45, 2.75) is 56.8 Å². The fourth-order valence-corrected chi connectivity index (χ4v) is 4.79. The number of aliphatic hydroxyl groups is 1. The zero-order valence-electron chi connectivity index (χ0n) is 19.4. The molecule has 1 heterocycles. The third-order valence-corrected chi connectivity index (χ3v) is 7.23. The monoisotopic (exact) mass is 449 g/mol. The average molecular weight is 450 g/mol. The maximum atomic E-state index is 13.3. The summed E-state index contributed by atoms with van der Waals surface area (Å²) in [4.78, 5) is 19.7. The normalized spacial score (nSPS) is 22.3. The highest BCUT2D eigenvalue weighted by Crippen LogP contribution is 2.38. The SMILES string of the molecule is COc1cc(-c2nc3ccccc3o2)ccc1C(=O)N(C)[C@@H]1CC[C@H](C(O)NC2(C)CC2)C1. The molecule has 33 heavy (non-hydrogen) atoms. The zero-order chi connectivity index (χ0) is 23.2. The molecule has 2 N–H and O–H groups in total. The van der Waals surface area contributed by atoms with Gasteiger partial charge in [0.1, 0.15) is 17.5 Å². The van der Waals surface area contributed by atoms with Gasteiger partial charge < -0.3 is 19.2 Å². The Kier molecular flexibility index (Phi) is 5.62. The van der Waals surface area contributed by atoms with Gasteiger partial charge in [0, 0.05) is 30.1 Å². The molecule has 2 aromatic carbocycles. The second-order valence-corrected chi connectivity index (χ2v) is 9.69. The minimum Gasteiger partial charge on any atom is -0.496 e. The molecule has 0 radical (unpaired) electrons. The van der Waals surface area contributed by atoms with Crippen LogP contribution in [0, 0.1) is 5.92 Å². The van der Waals surface area contributed by atoms with E-state index >= 15 is 0 Å². The number of nitrogens with one attached hydrogen (secondary N) is 1. The summed E-state index contributed by atoms with van der Waals surface area (Å²) in [6.07, 6.45) is 4.27. The molecular formula is C26H31N3O4. The van der Waals surface area contributed by atoms with Crippen molar-refractivity contribution < 1.29 is 19.1 Å². The quantitative estimate of drug-likeness (QED) is 0.526. The van der Waals surface area contributed by atoms with E-state index in [9.17, 15) is 9.90 Å². The number of methoxy groups -OCH3 is 1. The number of amides is 1. The van der Waals surface area contributed by atoms with Gasteiger partial charge in [-0.1, -0.05) is 12.1 Å². The van der Waals surface area contributed by atoms with Crippen LogP contribution in [-0.2, 0) is 0 Å². The largest absolute Gasteiger partial charge is 0.496 e. The highest BCUT2D eigenvalue weighted by Gasteiger charge is 2.42. The van der Waals surface area contributed by atoms with Crippen molar-refractivity contribution in [3.8, 4) is 17.2 Å². The lowest BCUT2D eigenvalue weighted by Gasteiger charge is -2.27. The van der Waals surface area contributed by atoms with Crippen molar-refractivity contribution in [3.05, 3.63) is 48.0 Å². The molecule has 0 aliphatic heterocycles. The molecule has 0 bridgehead atoms. The summed E-state index contributed by atoms with van der Waals surface area (Å²) in [6, 6.07) is 13.1. The van der Waals surface area contributed by atoms with Gasteiger partial charge in [0.25, 0.3) is 5.91 Å². The van der Waals surface area contributed by atoms with E-state index in [4.69, 9.17) is 9.15 Å². The van der Waals surface area contributed by atoms with E-state index in [-0.39, 0.29) is 23.4 Å². The van der Waals surface area contributed by atoms with Gasteiger partial charge in [-0.3, -0.25) is 10.1 Å². The number of hydrogen-bond donors (Lipinski definition) is 2. The van der Waals surface area contributed by atoms with E-state index < -0.39 is 6.23 Å². The molecule has 1 unspecified atom stereocenters. The molecule has 174 valence electrons. The highest BCUT2D eigenvalue weighted by atomic mass is 16.5. The van der Waals surface area contributed by atoms with Gasteiger partial charge in [-0.2, -0.15) is 0 Å². The first-order chi connectivity index (χ1) is 15.9. The predicted molar refractivity (Wildman–Crippen MR) is 126 cm³/mol. The summed E-state index contributed by atoms with van der Waals surface area (Å²) >= 11 is 0. The number of aromatic nitrogens is 1. The second-order valence-electron chi connectivity index (χ2n) is 9.69. The minimum atomic E-state index is -0.517. The van der Waals surface area contributed by atoms with Crippen LogP contribution in [0.15, 0.2) is 46.9 Å². The third-order valence-electron chi connectivity index (χ3n) is 7.23. The van der Waals surface area contributed by atoms with Crippen LogP contribution >= 0.6 is 0 Å². The van der Waals surface area contributed by atoms with E-state index in [2.05, 4.69) is 17.2 Å². The average Bonchev–Trinajstić information content (AvgIpc) is 3.23. The zero-order valence-corrected chi connectivity index (χ0v) is 19.4. The van der Waals surface area contributed by atoms with Gasteiger partial charge in [0.05, 0.1) is 12.7 Å². The highest BCUT2D eigenvalue weighted by molar-refractivity contribution is 5.97. The van der Waals surface area contributed by atoms with Gasteiger partial charge in [0.2, 0.25) is 5.89 Å². The van der Waals surface area contributed by atoms with E-state index in [0.29, 0.717) is 17.2 Å². The topological polar surface area (TPSA) is 87.8 Å². The number of benzene rings is 2. The number of hydrogen-bond acceptors (Lipinski definition) is 6. The van der Waals surface area contributed by atoms with Gasteiger partial charge >= 0.3 is 0 Å². The number of ether oxygens (including phenoxy) is 1. The van der Waals surface area contributed by atoms with Crippen molar-refractivity contribution in [2.75, 3.05) is 14.2 Å². The number of para-hydroxylation sites is 2. The van der Waals surface area contributed by atoms with Crippen LogP contribution in [0.4, 0.5) is 0 Å². The summed E-state index contributed by atoms with van der Waals surface area (Å²) in [6.45, 7) is 2.15. The first-order valence-corrected chi connectivity index (χ1v) is 11.6. The summed E-state index contributed by atoms with van der Waals surface area (Å²) in [5.41, 5.74) is 2.85. The Morgan fingerprint density at radius 1 is 1.27 bits per heavy atom. The molecular weight excluding hydrogens is 418 g/mol. The first-order valence-electron chi connectivity index (χ1n) is 11.6. The minimum absolute atomic E-state index is 0.0850. The van der Waals surface area contributed by atoms with Crippen LogP contribution in [-0.4, -0.2) is 52.9 Å². The van der Waals surface area contributed by atoms with Gasteiger partial charge in [-0.25, -0.2) is 4.98 Å². The van der Waals surface area contributed by atoms with Crippen LogP contribution in [0.5, 0.6) is 5.75 Å². The Morgan fingerprint density at radius 3 is 2.79 bits per heavy atom. The molecule has 0 spiro atoms. The molecule has 1 amide bonds. The fraction of sp³-hybridized carbons (Fsp3) is 0.462. The van der Waals surface area contributed by atoms with Crippen LogP contribution in [0.2, 0.25) is 0 Å². The molecule has 2 aliphatic carbocycles. The predicted octanol–water partition coefficient (Wildman–Crippen LogP) is 4.20. The molecule has 7 nitrogen and oxygen atoms in total. The number of nitrogens with zero attached hydrogens (tertiary/aromatic N) is 2. The Bertz CT molecular complexity index is 1140. The van der Waals surface area contributed by atoms with E-state index in [1.165, 1.54) is 0 Å². The smallest absolute Gasteiger partial charge is 0.257 e. The van der Waals surface area contributed by atoms with Crippen molar-refractivity contribution in [1.82, 2.24) is 15.2 Å². The molecule has 3 atom stereocenters.